The van der Waals surface area contributed by atoms with Crippen LogP contribution in [-0.4, -0.2) is 12.6 Å². The molecule has 0 bridgehead atoms. The fourth-order valence-electron chi connectivity index (χ4n) is 1.07. The smallest absolute Gasteiger partial charge is 0.349 e. The van der Waals surface area contributed by atoms with Crippen LogP contribution in [0.25, 0.3) is 6.08 Å². The van der Waals surface area contributed by atoms with Crippen molar-refractivity contribution in [1.82, 2.24) is 0 Å². The zero-order valence-corrected chi connectivity index (χ0v) is 8.72. The standard InChI is InChI=1S/C13H11NO2/c1-2-8-16-13(15)12(10-14)9-11-6-4-3-5-7-11/h2-7,9H,1,8H2/b12-9+. The van der Waals surface area contributed by atoms with Crippen LogP contribution in [-0.2, 0) is 9.53 Å². The molecule has 0 aliphatic carbocycles. The molecule has 0 atom stereocenters. The van der Waals surface area contributed by atoms with Gasteiger partial charge in [-0.3, -0.25) is 0 Å². The average Bonchev–Trinajstić information content (AvgIpc) is 2.34. The number of esters is 1. The molecule has 0 saturated carbocycles. The van der Waals surface area contributed by atoms with E-state index in [0.717, 1.165) is 5.56 Å². The van der Waals surface area contributed by atoms with Gasteiger partial charge in [-0.1, -0.05) is 43.0 Å². The van der Waals surface area contributed by atoms with Crippen LogP contribution < -0.4 is 0 Å². The number of carbonyl (C=O) groups excluding carboxylic acids is 1. The van der Waals surface area contributed by atoms with Crippen molar-refractivity contribution in [1.29, 1.82) is 5.26 Å². The van der Waals surface area contributed by atoms with Gasteiger partial charge in [-0.05, 0) is 11.6 Å². The van der Waals surface area contributed by atoms with Gasteiger partial charge in [0.05, 0.1) is 0 Å². The molecule has 0 aliphatic rings. The molecule has 0 radical (unpaired) electrons. The first-order valence-corrected chi connectivity index (χ1v) is 4.73. The Morgan fingerprint density at radius 3 is 2.69 bits per heavy atom. The summed E-state index contributed by atoms with van der Waals surface area (Å²) in [6.07, 6.45) is 2.95. The van der Waals surface area contributed by atoms with E-state index in [1.54, 1.807) is 12.1 Å². The molecule has 1 rings (SSSR count). The second-order valence-electron chi connectivity index (χ2n) is 2.97. The molecule has 0 aromatic heterocycles. The molecule has 0 unspecified atom stereocenters. The summed E-state index contributed by atoms with van der Waals surface area (Å²) in [5.74, 6) is -0.633. The number of rotatable bonds is 4. The molecule has 0 heterocycles. The minimum absolute atomic E-state index is 0.0203. The van der Waals surface area contributed by atoms with Crippen LogP contribution in [0.4, 0.5) is 0 Å². The van der Waals surface area contributed by atoms with E-state index in [-0.39, 0.29) is 12.2 Å². The summed E-state index contributed by atoms with van der Waals surface area (Å²) in [7, 11) is 0. The van der Waals surface area contributed by atoms with Gasteiger partial charge >= 0.3 is 5.97 Å². The van der Waals surface area contributed by atoms with E-state index in [2.05, 4.69) is 6.58 Å². The zero-order valence-electron chi connectivity index (χ0n) is 8.72. The van der Waals surface area contributed by atoms with Crippen molar-refractivity contribution < 1.29 is 9.53 Å². The van der Waals surface area contributed by atoms with Crippen LogP contribution in [0.5, 0.6) is 0 Å². The maximum atomic E-state index is 11.4. The third-order valence-corrected chi connectivity index (χ3v) is 1.78. The Morgan fingerprint density at radius 2 is 2.12 bits per heavy atom. The lowest BCUT2D eigenvalue weighted by molar-refractivity contribution is -0.137. The number of nitriles is 1. The van der Waals surface area contributed by atoms with E-state index >= 15 is 0 Å². The van der Waals surface area contributed by atoms with E-state index in [1.807, 2.05) is 24.3 Å². The van der Waals surface area contributed by atoms with Crippen LogP contribution in [0.2, 0.25) is 0 Å². The summed E-state index contributed by atoms with van der Waals surface area (Å²) in [6, 6.07) is 10.9. The van der Waals surface area contributed by atoms with Crippen molar-refractivity contribution in [3.8, 4) is 6.07 Å². The number of ether oxygens (including phenoxy) is 1. The Kier molecular flexibility index (Phi) is 4.55. The highest BCUT2D eigenvalue weighted by molar-refractivity contribution is 5.97. The molecule has 3 heteroatoms. The van der Waals surface area contributed by atoms with Gasteiger partial charge in [-0.25, -0.2) is 4.79 Å². The Balaban J connectivity index is 2.83. The lowest BCUT2D eigenvalue weighted by Crippen LogP contribution is -2.06. The lowest BCUT2D eigenvalue weighted by atomic mass is 10.1. The summed E-state index contributed by atoms with van der Waals surface area (Å²) in [6.45, 7) is 3.53. The molecule has 80 valence electrons. The molecular formula is C13H11NO2. The summed E-state index contributed by atoms with van der Waals surface area (Å²) < 4.78 is 4.77. The Bertz CT molecular complexity index is 441. The maximum absolute atomic E-state index is 11.4. The fraction of sp³-hybridized carbons (Fsp3) is 0.0769. The SMILES string of the molecule is C=CCOC(=O)/C(C#N)=C/c1ccccc1. The van der Waals surface area contributed by atoms with E-state index < -0.39 is 5.97 Å². The van der Waals surface area contributed by atoms with Gasteiger partial charge in [0.1, 0.15) is 18.2 Å². The Hall–Kier alpha value is -2.34. The number of hydrogen-bond acceptors (Lipinski definition) is 3. The van der Waals surface area contributed by atoms with Crippen molar-refractivity contribution in [3.63, 3.8) is 0 Å². The third kappa shape index (κ3) is 3.43. The molecule has 0 fully saturated rings. The number of hydrogen-bond donors (Lipinski definition) is 0. The third-order valence-electron chi connectivity index (χ3n) is 1.78. The normalized spacial score (nSPS) is 10.3. The Labute approximate surface area is 94.3 Å². The second-order valence-corrected chi connectivity index (χ2v) is 2.97. The summed E-state index contributed by atoms with van der Waals surface area (Å²) in [4.78, 5) is 11.4. The maximum Gasteiger partial charge on any atom is 0.349 e. The first-order chi connectivity index (χ1) is 7.77. The van der Waals surface area contributed by atoms with Gasteiger partial charge in [-0.15, -0.1) is 0 Å². The molecule has 0 spiro atoms. The molecule has 0 aliphatic heterocycles. The van der Waals surface area contributed by atoms with Gasteiger partial charge in [0.2, 0.25) is 0 Å². The van der Waals surface area contributed by atoms with Gasteiger partial charge in [-0.2, -0.15) is 5.26 Å². The minimum Gasteiger partial charge on any atom is -0.457 e. The van der Waals surface area contributed by atoms with Crippen LogP contribution in [0.1, 0.15) is 5.56 Å². The molecule has 1 aromatic rings. The van der Waals surface area contributed by atoms with Crippen molar-refractivity contribution in [2.75, 3.05) is 6.61 Å². The van der Waals surface area contributed by atoms with Crippen LogP contribution in [0, 0.1) is 11.3 Å². The average molecular weight is 213 g/mol. The van der Waals surface area contributed by atoms with E-state index in [1.165, 1.54) is 12.2 Å². The van der Waals surface area contributed by atoms with Crippen molar-refractivity contribution >= 4 is 12.0 Å². The van der Waals surface area contributed by atoms with Crippen molar-refractivity contribution in [2.24, 2.45) is 0 Å². The van der Waals surface area contributed by atoms with E-state index in [4.69, 9.17) is 10.00 Å². The quantitative estimate of drug-likeness (QED) is 0.334. The van der Waals surface area contributed by atoms with Gasteiger partial charge < -0.3 is 4.74 Å². The van der Waals surface area contributed by atoms with Crippen LogP contribution in [0.3, 0.4) is 0 Å². The van der Waals surface area contributed by atoms with Crippen molar-refractivity contribution in [3.05, 3.63) is 54.1 Å². The lowest BCUT2D eigenvalue weighted by Gasteiger charge is -1.99. The highest BCUT2D eigenvalue weighted by atomic mass is 16.5. The van der Waals surface area contributed by atoms with Crippen LogP contribution in [0.15, 0.2) is 48.6 Å². The number of carbonyl (C=O) groups is 1. The fourth-order valence-corrected chi connectivity index (χ4v) is 1.07. The predicted molar refractivity (Wildman–Crippen MR) is 61.2 cm³/mol. The Morgan fingerprint density at radius 1 is 1.44 bits per heavy atom. The second kappa shape index (κ2) is 6.20. The molecule has 0 saturated heterocycles. The summed E-state index contributed by atoms with van der Waals surface area (Å²) in [5.41, 5.74) is 0.766. The van der Waals surface area contributed by atoms with Gasteiger partial charge in [0, 0.05) is 0 Å². The van der Waals surface area contributed by atoms with Gasteiger partial charge in [0.15, 0.2) is 0 Å². The first kappa shape index (κ1) is 11.7. The zero-order chi connectivity index (χ0) is 11.8. The monoisotopic (exact) mass is 213 g/mol. The largest absolute Gasteiger partial charge is 0.457 e. The van der Waals surface area contributed by atoms with Crippen LogP contribution >= 0.6 is 0 Å². The van der Waals surface area contributed by atoms with Crippen molar-refractivity contribution in [2.45, 2.75) is 0 Å². The molecule has 0 amide bonds. The molecular weight excluding hydrogens is 202 g/mol. The molecule has 16 heavy (non-hydrogen) atoms. The van der Waals surface area contributed by atoms with E-state index in [9.17, 15) is 4.79 Å². The summed E-state index contributed by atoms with van der Waals surface area (Å²) in [5, 5.41) is 8.81. The highest BCUT2D eigenvalue weighted by Crippen LogP contribution is 2.07. The van der Waals surface area contributed by atoms with E-state index in [0.29, 0.717) is 0 Å². The predicted octanol–water partition coefficient (Wildman–Crippen LogP) is 2.32. The topological polar surface area (TPSA) is 50.1 Å². The number of nitrogens with zero attached hydrogens (tertiary/aromatic N) is 1. The highest BCUT2D eigenvalue weighted by Gasteiger charge is 2.09. The first-order valence-electron chi connectivity index (χ1n) is 4.73. The minimum atomic E-state index is -0.633. The molecule has 0 N–H and O–H groups in total. The summed E-state index contributed by atoms with van der Waals surface area (Å²) >= 11 is 0. The number of benzene rings is 1. The van der Waals surface area contributed by atoms with Gasteiger partial charge in [0.25, 0.3) is 0 Å². The molecule has 1 aromatic carbocycles. The molecule has 3 nitrogen and oxygen atoms in total.